The van der Waals surface area contributed by atoms with Crippen LogP contribution in [0.2, 0.25) is 0 Å². The highest BCUT2D eigenvalue weighted by Gasteiger charge is 2.18. The molecule has 0 saturated heterocycles. The van der Waals surface area contributed by atoms with Gasteiger partial charge in [0.2, 0.25) is 5.91 Å². The van der Waals surface area contributed by atoms with Gasteiger partial charge in [0.05, 0.1) is 13.0 Å². The van der Waals surface area contributed by atoms with E-state index in [9.17, 15) is 9.59 Å². The third-order valence-corrected chi connectivity index (χ3v) is 2.67. The summed E-state index contributed by atoms with van der Waals surface area (Å²) in [6, 6.07) is 6.35. The van der Waals surface area contributed by atoms with Crippen LogP contribution in [0, 0.1) is 6.92 Å². The van der Waals surface area contributed by atoms with Crippen molar-refractivity contribution in [2.45, 2.75) is 25.8 Å². The number of aliphatic hydroxyl groups is 1. The molecule has 1 aromatic carbocycles. The first-order valence-corrected chi connectivity index (χ1v) is 6.35. The van der Waals surface area contributed by atoms with Crippen LogP contribution in [0.25, 0.3) is 0 Å². The average molecular weight is 281 g/mol. The van der Waals surface area contributed by atoms with Crippen molar-refractivity contribution >= 4 is 11.9 Å². The number of hydrogen-bond acceptors (Lipinski definition) is 4. The van der Waals surface area contributed by atoms with Gasteiger partial charge in [-0.1, -0.05) is 17.7 Å². The molecule has 1 atom stereocenters. The van der Waals surface area contributed by atoms with Gasteiger partial charge < -0.3 is 20.3 Å². The fourth-order valence-corrected chi connectivity index (χ4v) is 1.55. The van der Waals surface area contributed by atoms with Gasteiger partial charge in [0.15, 0.2) is 0 Å². The number of aryl methyl sites for hydroxylation is 1. The fourth-order valence-electron chi connectivity index (χ4n) is 1.55. The lowest BCUT2D eigenvalue weighted by molar-refractivity contribution is -0.142. The van der Waals surface area contributed by atoms with Gasteiger partial charge in [-0.05, 0) is 19.1 Å². The first-order valence-electron chi connectivity index (χ1n) is 6.35. The minimum Gasteiger partial charge on any atom is -0.493 e. The Labute approximate surface area is 117 Å². The monoisotopic (exact) mass is 281 g/mol. The number of carbonyl (C=O) groups excluding carboxylic acids is 1. The molecule has 0 heterocycles. The summed E-state index contributed by atoms with van der Waals surface area (Å²) < 4.78 is 5.38. The van der Waals surface area contributed by atoms with Crippen molar-refractivity contribution in [3.8, 4) is 5.75 Å². The third-order valence-electron chi connectivity index (χ3n) is 2.67. The van der Waals surface area contributed by atoms with E-state index in [0.29, 0.717) is 5.75 Å². The highest BCUT2D eigenvalue weighted by Crippen LogP contribution is 2.11. The summed E-state index contributed by atoms with van der Waals surface area (Å²) >= 11 is 0. The molecule has 0 aliphatic rings. The van der Waals surface area contributed by atoms with Crippen LogP contribution in [-0.4, -0.2) is 41.3 Å². The standard InChI is InChI=1S/C14H19NO5/c1-10-2-4-11(5-3-10)20-9-7-13(17)15-12(6-8-16)14(18)19/h2-5,12,16H,6-9H2,1H3,(H,15,17)(H,18,19)/t12-/m0/s1. The molecule has 1 amide bonds. The number of carboxylic acids is 1. The number of ether oxygens (including phenoxy) is 1. The van der Waals surface area contributed by atoms with Gasteiger partial charge in [0.1, 0.15) is 11.8 Å². The zero-order valence-electron chi connectivity index (χ0n) is 11.3. The van der Waals surface area contributed by atoms with Crippen molar-refractivity contribution < 1.29 is 24.5 Å². The summed E-state index contributed by atoms with van der Waals surface area (Å²) in [5.74, 6) is -0.918. The summed E-state index contributed by atoms with van der Waals surface area (Å²) in [5.41, 5.74) is 1.11. The number of hydrogen-bond donors (Lipinski definition) is 3. The van der Waals surface area contributed by atoms with E-state index >= 15 is 0 Å². The maximum absolute atomic E-state index is 11.5. The van der Waals surface area contributed by atoms with Gasteiger partial charge in [-0.25, -0.2) is 4.79 Å². The van der Waals surface area contributed by atoms with Gasteiger partial charge >= 0.3 is 5.97 Å². The van der Waals surface area contributed by atoms with Crippen molar-refractivity contribution in [2.75, 3.05) is 13.2 Å². The zero-order chi connectivity index (χ0) is 15.0. The van der Waals surface area contributed by atoms with Crippen LogP contribution in [0.1, 0.15) is 18.4 Å². The van der Waals surface area contributed by atoms with Crippen molar-refractivity contribution in [3.63, 3.8) is 0 Å². The van der Waals surface area contributed by atoms with E-state index in [0.717, 1.165) is 5.56 Å². The SMILES string of the molecule is Cc1ccc(OCCC(=O)N[C@@H](CCO)C(=O)O)cc1. The maximum Gasteiger partial charge on any atom is 0.326 e. The normalized spacial score (nSPS) is 11.7. The topological polar surface area (TPSA) is 95.9 Å². The van der Waals surface area contributed by atoms with Crippen LogP contribution in [0.5, 0.6) is 5.75 Å². The molecule has 110 valence electrons. The lowest BCUT2D eigenvalue weighted by Crippen LogP contribution is -2.41. The molecule has 0 unspecified atom stereocenters. The molecule has 0 aliphatic heterocycles. The van der Waals surface area contributed by atoms with E-state index in [2.05, 4.69) is 5.32 Å². The van der Waals surface area contributed by atoms with Crippen LogP contribution in [0.3, 0.4) is 0 Å². The fraction of sp³-hybridized carbons (Fsp3) is 0.429. The van der Waals surface area contributed by atoms with E-state index in [4.69, 9.17) is 14.9 Å². The van der Waals surface area contributed by atoms with E-state index in [1.165, 1.54) is 0 Å². The summed E-state index contributed by atoms with van der Waals surface area (Å²) in [5, 5.41) is 19.9. The molecule has 0 fully saturated rings. The zero-order valence-corrected chi connectivity index (χ0v) is 11.3. The molecule has 0 aromatic heterocycles. The summed E-state index contributed by atoms with van der Waals surface area (Å²) in [6.07, 6.45) is 0.0446. The lowest BCUT2D eigenvalue weighted by Gasteiger charge is -2.13. The molecule has 0 spiro atoms. The number of rotatable bonds is 8. The van der Waals surface area contributed by atoms with E-state index in [1.807, 2.05) is 19.1 Å². The van der Waals surface area contributed by atoms with Crippen LogP contribution >= 0.6 is 0 Å². The number of carboxylic acid groups (broad SMARTS) is 1. The molecule has 0 radical (unpaired) electrons. The Balaban J connectivity index is 2.32. The number of carbonyl (C=O) groups is 2. The van der Waals surface area contributed by atoms with Gasteiger partial charge in [-0.15, -0.1) is 0 Å². The molecule has 6 heteroatoms. The molecule has 1 aromatic rings. The van der Waals surface area contributed by atoms with Gasteiger partial charge in [-0.2, -0.15) is 0 Å². The molecule has 0 aliphatic carbocycles. The van der Waals surface area contributed by atoms with Crippen molar-refractivity contribution in [2.24, 2.45) is 0 Å². The predicted octanol–water partition coefficient (Wildman–Crippen LogP) is 0.716. The number of aliphatic carboxylic acids is 1. The molecular weight excluding hydrogens is 262 g/mol. The summed E-state index contributed by atoms with van der Waals surface area (Å²) in [4.78, 5) is 22.3. The molecule has 20 heavy (non-hydrogen) atoms. The van der Waals surface area contributed by atoms with Crippen LogP contribution in [0.4, 0.5) is 0 Å². The van der Waals surface area contributed by atoms with Gasteiger partial charge in [-0.3, -0.25) is 4.79 Å². The van der Waals surface area contributed by atoms with Crippen molar-refractivity contribution in [1.29, 1.82) is 0 Å². The molecule has 3 N–H and O–H groups in total. The first kappa shape index (κ1) is 16.0. The van der Waals surface area contributed by atoms with Gasteiger partial charge in [0.25, 0.3) is 0 Å². The third kappa shape index (κ3) is 5.71. The highest BCUT2D eigenvalue weighted by atomic mass is 16.5. The molecule has 0 bridgehead atoms. The van der Waals surface area contributed by atoms with Crippen LogP contribution in [0.15, 0.2) is 24.3 Å². The first-order chi connectivity index (χ1) is 9.52. The summed E-state index contributed by atoms with van der Waals surface area (Å²) in [7, 11) is 0. The van der Waals surface area contributed by atoms with Crippen molar-refractivity contribution in [1.82, 2.24) is 5.32 Å². The number of aliphatic hydroxyl groups excluding tert-OH is 1. The quantitative estimate of drug-likeness (QED) is 0.652. The largest absolute Gasteiger partial charge is 0.493 e. The minimum atomic E-state index is -1.16. The Morgan fingerprint density at radius 2 is 1.95 bits per heavy atom. The molecule has 1 rings (SSSR count). The highest BCUT2D eigenvalue weighted by molar-refractivity contribution is 5.83. The Bertz CT molecular complexity index is 443. The van der Waals surface area contributed by atoms with Crippen molar-refractivity contribution in [3.05, 3.63) is 29.8 Å². The Kier molecular flexibility index (Phi) is 6.52. The number of benzene rings is 1. The second kappa shape index (κ2) is 8.16. The Hall–Kier alpha value is -2.08. The smallest absolute Gasteiger partial charge is 0.326 e. The minimum absolute atomic E-state index is 0.0140. The van der Waals surface area contributed by atoms with E-state index in [-0.39, 0.29) is 26.1 Å². The predicted molar refractivity (Wildman–Crippen MR) is 72.6 cm³/mol. The van der Waals surface area contributed by atoms with E-state index < -0.39 is 17.9 Å². The van der Waals surface area contributed by atoms with Crippen LogP contribution < -0.4 is 10.1 Å². The van der Waals surface area contributed by atoms with E-state index in [1.54, 1.807) is 12.1 Å². The second-order valence-corrected chi connectivity index (χ2v) is 4.38. The Morgan fingerprint density at radius 1 is 1.30 bits per heavy atom. The Morgan fingerprint density at radius 3 is 2.50 bits per heavy atom. The molecular formula is C14H19NO5. The molecule has 6 nitrogen and oxygen atoms in total. The average Bonchev–Trinajstić information content (AvgIpc) is 2.40. The van der Waals surface area contributed by atoms with Crippen LogP contribution in [-0.2, 0) is 9.59 Å². The molecule has 0 saturated carbocycles. The van der Waals surface area contributed by atoms with Gasteiger partial charge in [0, 0.05) is 13.0 Å². The second-order valence-electron chi connectivity index (χ2n) is 4.38. The maximum atomic E-state index is 11.5. The number of amides is 1. The number of nitrogens with one attached hydrogen (secondary N) is 1. The summed E-state index contributed by atoms with van der Waals surface area (Å²) in [6.45, 7) is 1.84. The lowest BCUT2D eigenvalue weighted by atomic mass is 10.2.